The first kappa shape index (κ1) is 18.0. The van der Waals surface area contributed by atoms with E-state index >= 15 is 0 Å². The molecule has 1 aromatic rings. The number of phosphoric ester groups is 1. The molecular weight excluding hydrogens is 294 g/mol. The monoisotopic (exact) mass is 300 g/mol. The zero-order valence-electron chi connectivity index (χ0n) is 9.80. The molecule has 1 unspecified atom stereocenters. The van der Waals surface area contributed by atoms with Gasteiger partial charge in [0.15, 0.2) is 0 Å². The van der Waals surface area contributed by atoms with Crippen molar-refractivity contribution in [3.63, 3.8) is 0 Å². The Bertz CT molecular complexity index is 570. The van der Waals surface area contributed by atoms with Gasteiger partial charge in [0.05, 0.1) is 15.9 Å². The van der Waals surface area contributed by atoms with Gasteiger partial charge in [-0.2, -0.15) is 0 Å². The zero-order chi connectivity index (χ0) is 14.1. The minimum absolute atomic E-state index is 0. The van der Waals surface area contributed by atoms with Crippen LogP contribution in [0, 0.1) is 27.2 Å². The van der Waals surface area contributed by atoms with Crippen molar-refractivity contribution in [3.05, 3.63) is 37.9 Å². The van der Waals surface area contributed by atoms with Gasteiger partial charge in [0, 0.05) is 11.6 Å². The van der Waals surface area contributed by atoms with Crippen LogP contribution < -0.4 is 39.0 Å². The first-order valence-corrected chi connectivity index (χ1v) is 5.78. The number of aryl methyl sites for hydroxylation is 1. The Morgan fingerprint density at radius 3 is 2.16 bits per heavy atom. The van der Waals surface area contributed by atoms with Gasteiger partial charge < -0.3 is 14.3 Å². The van der Waals surface area contributed by atoms with Crippen molar-refractivity contribution in [1.29, 1.82) is 0 Å². The molecule has 0 bridgehead atoms. The Morgan fingerprint density at radius 1 is 1.26 bits per heavy atom. The van der Waals surface area contributed by atoms with Gasteiger partial charge in [-0.3, -0.25) is 24.8 Å². The summed E-state index contributed by atoms with van der Waals surface area (Å²) in [4.78, 5) is 38.3. The Hall–Kier alpha value is -1.03. The molecule has 0 saturated carbocycles. The molecule has 0 aromatic heterocycles. The van der Waals surface area contributed by atoms with Gasteiger partial charge in [0.2, 0.25) is 5.75 Å². The first-order chi connectivity index (χ1) is 8.11. The molecule has 0 radical (unpaired) electrons. The molecule has 1 N–H and O–H groups in total. The molecule has 1 atom stereocenters. The molecule has 1 rings (SSSR count). The molecule has 12 heteroatoms. The predicted octanol–water partition coefficient (Wildman–Crippen LogP) is -2.35. The first-order valence-electron chi connectivity index (χ1n) is 4.28. The second kappa shape index (κ2) is 6.42. The summed E-state index contributed by atoms with van der Waals surface area (Å²) >= 11 is 0. The smallest absolute Gasteiger partial charge is 0.746 e. The fourth-order valence-corrected chi connectivity index (χ4v) is 1.68. The van der Waals surface area contributed by atoms with Crippen molar-refractivity contribution < 1.29 is 58.3 Å². The average molecular weight is 300 g/mol. The van der Waals surface area contributed by atoms with E-state index in [1.807, 2.05) is 0 Å². The maximum Gasteiger partial charge on any atom is 1.00 e. The number of hydrogen-bond acceptors (Lipinski definition) is 7. The molecule has 10 nitrogen and oxygen atoms in total. The molecule has 98 valence electrons. The topological polar surface area (TPSA) is 156 Å². The van der Waals surface area contributed by atoms with Crippen LogP contribution in [0.4, 0.5) is 11.4 Å². The molecule has 0 fully saturated rings. The van der Waals surface area contributed by atoms with Crippen molar-refractivity contribution in [2.75, 3.05) is 0 Å². The average Bonchev–Trinajstić information content (AvgIpc) is 2.18. The van der Waals surface area contributed by atoms with Crippen molar-refractivity contribution in [1.82, 2.24) is 0 Å². The summed E-state index contributed by atoms with van der Waals surface area (Å²) in [6.45, 7) is 1.17. The van der Waals surface area contributed by atoms with Gasteiger partial charge in [-0.25, -0.2) is 0 Å². The molecule has 0 spiro atoms. The minimum atomic E-state index is -5.24. The second-order valence-corrected chi connectivity index (χ2v) is 4.30. The van der Waals surface area contributed by atoms with Crippen molar-refractivity contribution >= 4 is 19.2 Å². The molecule has 0 heterocycles. The van der Waals surface area contributed by atoms with Crippen LogP contribution in [0.1, 0.15) is 5.56 Å². The van der Waals surface area contributed by atoms with E-state index in [0.29, 0.717) is 6.07 Å². The largest absolute Gasteiger partial charge is 1.00 e. The van der Waals surface area contributed by atoms with Crippen LogP contribution in [0.15, 0.2) is 12.1 Å². The molecule has 0 aliphatic carbocycles. The number of nitrogens with zero attached hydrogens (tertiary/aromatic N) is 2. The molecule has 19 heavy (non-hydrogen) atoms. The molecule has 1 aromatic carbocycles. The summed E-state index contributed by atoms with van der Waals surface area (Å²) in [6.07, 6.45) is 0. The van der Waals surface area contributed by atoms with Crippen molar-refractivity contribution in [2.45, 2.75) is 6.92 Å². The van der Waals surface area contributed by atoms with Crippen LogP contribution in [0.5, 0.6) is 5.75 Å². The minimum Gasteiger partial charge on any atom is -0.746 e. The fourth-order valence-electron chi connectivity index (χ4n) is 1.21. The Labute approximate surface area is 128 Å². The van der Waals surface area contributed by atoms with Gasteiger partial charge in [0.1, 0.15) is 0 Å². The predicted molar refractivity (Wildman–Crippen MR) is 54.9 cm³/mol. The van der Waals surface area contributed by atoms with Crippen LogP contribution in [-0.2, 0) is 4.57 Å². The standard InChI is InChI=1S/C7H7N2O8P.Na/c1-4-2-5(8(10)11)3-6(9(12)13)7(4)17-18(14,15)16;/h2-3H,1H3,(H2,14,15,16);/q;+1/p-1. The van der Waals surface area contributed by atoms with Gasteiger partial charge in [-0.1, -0.05) is 0 Å². The maximum absolute atomic E-state index is 10.7. The molecule has 0 saturated heterocycles. The van der Waals surface area contributed by atoms with Gasteiger partial charge in [-0.15, -0.1) is 0 Å². The van der Waals surface area contributed by atoms with Crippen molar-refractivity contribution in [2.24, 2.45) is 0 Å². The van der Waals surface area contributed by atoms with E-state index in [4.69, 9.17) is 4.89 Å². The maximum atomic E-state index is 10.7. The number of nitro benzene ring substituents is 2. The molecule has 0 aliphatic heterocycles. The fraction of sp³-hybridized carbons (Fsp3) is 0.143. The number of nitro groups is 2. The third-order valence-corrected chi connectivity index (χ3v) is 2.27. The normalized spacial score (nSPS) is 13.0. The van der Waals surface area contributed by atoms with E-state index < -0.39 is 34.8 Å². The summed E-state index contributed by atoms with van der Waals surface area (Å²) in [5.41, 5.74) is -1.68. The van der Waals surface area contributed by atoms with Crippen LogP contribution in [0.3, 0.4) is 0 Å². The van der Waals surface area contributed by atoms with Gasteiger partial charge in [-0.05, 0) is 6.92 Å². The third-order valence-electron chi connectivity index (χ3n) is 1.85. The number of rotatable bonds is 4. The van der Waals surface area contributed by atoms with E-state index in [1.165, 1.54) is 6.92 Å². The Morgan fingerprint density at radius 2 is 1.79 bits per heavy atom. The Balaban J connectivity index is 0.00000324. The van der Waals surface area contributed by atoms with E-state index in [9.17, 15) is 29.7 Å². The summed E-state index contributed by atoms with van der Waals surface area (Å²) < 4.78 is 14.6. The van der Waals surface area contributed by atoms with E-state index in [-0.39, 0.29) is 35.1 Å². The van der Waals surface area contributed by atoms with Gasteiger partial charge >= 0.3 is 43.1 Å². The quantitative estimate of drug-likeness (QED) is 0.280. The summed E-state index contributed by atoms with van der Waals surface area (Å²) in [7, 11) is -5.24. The second-order valence-electron chi connectivity index (χ2n) is 3.18. The molecular formula is C7H6N2NaO8P. The summed E-state index contributed by atoms with van der Waals surface area (Å²) in [6, 6.07) is 1.43. The van der Waals surface area contributed by atoms with E-state index in [0.717, 1.165) is 6.07 Å². The van der Waals surface area contributed by atoms with Gasteiger partial charge in [0.25, 0.3) is 5.69 Å². The number of benzene rings is 1. The summed E-state index contributed by atoms with van der Waals surface area (Å²) in [5, 5.41) is 21.2. The third kappa shape index (κ3) is 4.86. The van der Waals surface area contributed by atoms with Crippen LogP contribution in [0.2, 0.25) is 0 Å². The SMILES string of the molecule is Cc1cc([N+](=O)[O-])cc([N+](=O)[O-])c1OP(=O)([O-])O.[Na+]. The van der Waals surface area contributed by atoms with Crippen LogP contribution in [0.25, 0.3) is 0 Å². The molecule has 0 aliphatic rings. The number of hydrogen-bond donors (Lipinski definition) is 1. The van der Waals surface area contributed by atoms with Crippen molar-refractivity contribution in [3.8, 4) is 5.75 Å². The van der Waals surface area contributed by atoms with E-state index in [1.54, 1.807) is 0 Å². The Kier molecular flexibility index (Phi) is 6.07. The van der Waals surface area contributed by atoms with Crippen LogP contribution in [-0.4, -0.2) is 14.7 Å². The van der Waals surface area contributed by atoms with E-state index in [2.05, 4.69) is 4.52 Å². The summed E-state index contributed by atoms with van der Waals surface area (Å²) in [5.74, 6) is -0.758. The number of phosphoric acid groups is 1. The molecule has 0 amide bonds. The zero-order valence-corrected chi connectivity index (χ0v) is 12.7. The van der Waals surface area contributed by atoms with Crippen LogP contribution >= 0.6 is 7.82 Å². The number of non-ortho nitro benzene ring substituents is 1.